The van der Waals surface area contributed by atoms with Gasteiger partial charge in [-0.3, -0.25) is 20.4 Å². The van der Waals surface area contributed by atoms with Crippen LogP contribution in [0.15, 0.2) is 39.5 Å². The van der Waals surface area contributed by atoms with Crippen molar-refractivity contribution in [2.24, 2.45) is 26.7 Å². The number of aliphatic imine (C=N–C) groups is 2. The molecule has 0 saturated heterocycles. The van der Waals surface area contributed by atoms with Gasteiger partial charge >= 0.3 is 0 Å². The Kier molecular flexibility index (Phi) is 5.45. The lowest BCUT2D eigenvalue weighted by Gasteiger charge is -2.36. The van der Waals surface area contributed by atoms with E-state index in [0.717, 1.165) is 41.3 Å². The highest BCUT2D eigenvalue weighted by molar-refractivity contribution is 6.11. The van der Waals surface area contributed by atoms with Gasteiger partial charge in [0.15, 0.2) is 5.84 Å². The van der Waals surface area contributed by atoms with Crippen LogP contribution in [0.3, 0.4) is 0 Å². The van der Waals surface area contributed by atoms with Crippen LogP contribution in [-0.4, -0.2) is 35.5 Å². The molecule has 4 rings (SSSR count). The Balaban J connectivity index is 1.50. The number of ether oxygens (including phenoxy) is 1. The molecule has 0 radical (unpaired) electrons. The van der Waals surface area contributed by atoms with Gasteiger partial charge in [-0.1, -0.05) is 6.07 Å². The Hall–Kier alpha value is -3.33. The first-order valence-electron chi connectivity index (χ1n) is 10.3. The van der Waals surface area contributed by atoms with Crippen LogP contribution in [-0.2, 0) is 5.54 Å². The molecule has 1 fully saturated rings. The standard InChI is InChI=1S/C22H28N8O/c1-12-19(22(2,3)23)25-11-16(26-12)13-9-14(10-13)20-27-21(29-30-28-20)15-7-6-8-17(31-5)18(15)24-4/h6-8,11,13-14,30H,4,9-10,23H2,1-3,5H3,(H,27,28,29). The first kappa shape index (κ1) is 20.9. The summed E-state index contributed by atoms with van der Waals surface area (Å²) >= 11 is 0. The molecule has 0 amide bonds. The number of para-hydroxylation sites is 1. The van der Waals surface area contributed by atoms with Crippen LogP contribution in [0.4, 0.5) is 5.69 Å². The second kappa shape index (κ2) is 8.07. The highest BCUT2D eigenvalue weighted by Crippen LogP contribution is 2.42. The number of hydrogen-bond acceptors (Lipinski definition) is 9. The number of hydrazone groups is 1. The average Bonchev–Trinajstić information content (AvgIpc) is 2.71. The van der Waals surface area contributed by atoms with Crippen LogP contribution < -0.4 is 21.4 Å². The molecule has 1 aromatic carbocycles. The molecule has 1 saturated carbocycles. The Labute approximate surface area is 181 Å². The number of aromatic nitrogens is 2. The summed E-state index contributed by atoms with van der Waals surface area (Å²) in [6.07, 6.45) is 3.73. The summed E-state index contributed by atoms with van der Waals surface area (Å²) in [7, 11) is 1.60. The van der Waals surface area contributed by atoms with Gasteiger partial charge in [0.2, 0.25) is 0 Å². The van der Waals surface area contributed by atoms with Crippen molar-refractivity contribution in [2.75, 3.05) is 7.11 Å². The monoisotopic (exact) mass is 420 g/mol. The predicted molar refractivity (Wildman–Crippen MR) is 122 cm³/mol. The topological polar surface area (TPSA) is 122 Å². The Morgan fingerprint density at radius 3 is 2.68 bits per heavy atom. The summed E-state index contributed by atoms with van der Waals surface area (Å²) in [6.45, 7) is 9.51. The quantitative estimate of drug-likeness (QED) is 0.618. The first-order valence-corrected chi connectivity index (χ1v) is 10.3. The molecule has 1 aliphatic heterocycles. The van der Waals surface area contributed by atoms with Gasteiger partial charge in [0, 0.05) is 18.0 Å². The summed E-state index contributed by atoms with van der Waals surface area (Å²) in [5.74, 6) is 2.65. The lowest BCUT2D eigenvalue weighted by molar-refractivity contribution is 0.326. The normalized spacial score (nSPS) is 20.5. The Morgan fingerprint density at radius 1 is 1.26 bits per heavy atom. The highest BCUT2D eigenvalue weighted by Gasteiger charge is 2.36. The van der Waals surface area contributed by atoms with E-state index in [0.29, 0.717) is 23.2 Å². The number of amidine groups is 2. The molecule has 1 aromatic heterocycles. The van der Waals surface area contributed by atoms with E-state index in [9.17, 15) is 0 Å². The molecule has 9 nitrogen and oxygen atoms in total. The van der Waals surface area contributed by atoms with E-state index in [1.54, 1.807) is 7.11 Å². The van der Waals surface area contributed by atoms with Crippen molar-refractivity contribution in [3.8, 4) is 5.75 Å². The van der Waals surface area contributed by atoms with E-state index in [1.807, 2.05) is 45.2 Å². The van der Waals surface area contributed by atoms with Gasteiger partial charge < -0.3 is 10.5 Å². The molecular weight excluding hydrogens is 392 g/mol. The number of hydrazine groups is 1. The number of hydrogen-bond donors (Lipinski definition) is 3. The summed E-state index contributed by atoms with van der Waals surface area (Å²) in [5.41, 5.74) is 15.8. The minimum absolute atomic E-state index is 0.279. The number of nitrogens with two attached hydrogens (primary N) is 1. The number of methoxy groups -OCH3 is 1. The number of nitrogens with one attached hydrogen (secondary N) is 2. The van der Waals surface area contributed by atoms with Crippen LogP contribution in [0.25, 0.3) is 0 Å². The summed E-state index contributed by atoms with van der Waals surface area (Å²) in [6, 6.07) is 5.63. The van der Waals surface area contributed by atoms with Gasteiger partial charge in [0.25, 0.3) is 0 Å². The smallest absolute Gasteiger partial charge is 0.185 e. The zero-order chi connectivity index (χ0) is 22.2. The van der Waals surface area contributed by atoms with Crippen LogP contribution in [0, 0.1) is 12.8 Å². The highest BCUT2D eigenvalue weighted by atomic mass is 16.5. The van der Waals surface area contributed by atoms with Gasteiger partial charge in [-0.15, -0.1) is 5.10 Å². The molecule has 0 bridgehead atoms. The van der Waals surface area contributed by atoms with Crippen molar-refractivity contribution in [2.45, 2.75) is 45.1 Å². The van der Waals surface area contributed by atoms with Gasteiger partial charge in [-0.05, 0) is 52.5 Å². The molecule has 2 aliphatic rings. The second-order valence-corrected chi connectivity index (χ2v) is 8.50. The molecule has 31 heavy (non-hydrogen) atoms. The Bertz CT molecular complexity index is 1060. The molecule has 0 atom stereocenters. The number of rotatable bonds is 6. The van der Waals surface area contributed by atoms with E-state index >= 15 is 0 Å². The molecule has 0 spiro atoms. The van der Waals surface area contributed by atoms with E-state index in [4.69, 9.17) is 20.4 Å². The van der Waals surface area contributed by atoms with E-state index in [2.05, 4.69) is 32.8 Å². The van der Waals surface area contributed by atoms with Crippen molar-refractivity contribution in [1.82, 2.24) is 20.9 Å². The lowest BCUT2D eigenvalue weighted by atomic mass is 9.72. The zero-order valence-electron chi connectivity index (χ0n) is 18.3. The van der Waals surface area contributed by atoms with Gasteiger partial charge in [-0.25, -0.2) is 10.5 Å². The van der Waals surface area contributed by atoms with Crippen molar-refractivity contribution >= 4 is 24.1 Å². The van der Waals surface area contributed by atoms with Crippen LogP contribution >= 0.6 is 0 Å². The van der Waals surface area contributed by atoms with Crippen molar-refractivity contribution in [1.29, 1.82) is 0 Å². The third kappa shape index (κ3) is 4.00. The third-order valence-corrected chi connectivity index (χ3v) is 5.71. The maximum absolute atomic E-state index is 6.19. The maximum Gasteiger partial charge on any atom is 0.185 e. The maximum atomic E-state index is 6.19. The second-order valence-electron chi connectivity index (χ2n) is 8.50. The molecule has 2 aromatic rings. The Morgan fingerprint density at radius 2 is 2.03 bits per heavy atom. The van der Waals surface area contributed by atoms with Crippen LogP contribution in [0.5, 0.6) is 5.75 Å². The minimum atomic E-state index is -0.501. The summed E-state index contributed by atoms with van der Waals surface area (Å²) in [4.78, 5) is 18.2. The summed E-state index contributed by atoms with van der Waals surface area (Å²) in [5, 5.41) is 4.29. The minimum Gasteiger partial charge on any atom is -0.494 e. The fourth-order valence-electron chi connectivity index (χ4n) is 4.06. The number of nitrogens with zero attached hydrogens (tertiary/aromatic N) is 5. The fraction of sp³-hybridized carbons (Fsp3) is 0.409. The van der Waals surface area contributed by atoms with E-state index in [1.165, 1.54) is 0 Å². The third-order valence-electron chi connectivity index (χ3n) is 5.71. The largest absolute Gasteiger partial charge is 0.494 e. The van der Waals surface area contributed by atoms with Crippen molar-refractivity contribution < 1.29 is 4.74 Å². The molecule has 4 N–H and O–H groups in total. The SMILES string of the molecule is C=Nc1c(OC)cccc1C1=NNNC(C2CC(c3cnc(C(C)(C)N)c(C)n3)C2)=N1. The van der Waals surface area contributed by atoms with Crippen molar-refractivity contribution in [3.63, 3.8) is 0 Å². The van der Waals surface area contributed by atoms with Gasteiger partial charge in [0.1, 0.15) is 17.3 Å². The molecule has 0 unspecified atom stereocenters. The molecule has 2 heterocycles. The van der Waals surface area contributed by atoms with E-state index in [-0.39, 0.29) is 5.92 Å². The molecule has 9 heteroatoms. The molecular formula is C22H28N8O. The number of benzene rings is 1. The van der Waals surface area contributed by atoms with Crippen LogP contribution in [0.2, 0.25) is 0 Å². The zero-order valence-corrected chi connectivity index (χ0v) is 18.3. The fourth-order valence-corrected chi connectivity index (χ4v) is 4.06. The van der Waals surface area contributed by atoms with E-state index < -0.39 is 5.54 Å². The molecule has 1 aliphatic carbocycles. The van der Waals surface area contributed by atoms with Crippen molar-refractivity contribution in [3.05, 3.63) is 47.0 Å². The average molecular weight is 421 g/mol. The molecule has 162 valence electrons. The summed E-state index contributed by atoms with van der Waals surface area (Å²) < 4.78 is 5.38. The lowest BCUT2D eigenvalue weighted by Crippen LogP contribution is -2.46. The van der Waals surface area contributed by atoms with Gasteiger partial charge in [0.05, 0.1) is 35.3 Å². The van der Waals surface area contributed by atoms with Crippen LogP contribution in [0.1, 0.15) is 55.3 Å². The first-order chi connectivity index (χ1) is 14.8. The predicted octanol–water partition coefficient (Wildman–Crippen LogP) is 2.68. The number of aryl methyl sites for hydroxylation is 1. The van der Waals surface area contributed by atoms with Gasteiger partial charge in [-0.2, -0.15) is 0 Å².